The Labute approximate surface area is 124 Å². The van der Waals surface area contributed by atoms with Crippen LogP contribution in [0.1, 0.15) is 0 Å². The van der Waals surface area contributed by atoms with Gasteiger partial charge in [0.15, 0.2) is 0 Å². The van der Waals surface area contributed by atoms with Crippen LogP contribution >= 0.6 is 7.05 Å². The van der Waals surface area contributed by atoms with Gasteiger partial charge in [0.25, 0.3) is 0 Å². The van der Waals surface area contributed by atoms with Crippen LogP contribution in [0.2, 0.25) is 0 Å². The molecule has 0 saturated heterocycles. The van der Waals surface area contributed by atoms with Crippen LogP contribution in [0.3, 0.4) is 0 Å². The minimum absolute atomic E-state index is 1.05. The highest BCUT2D eigenvalue weighted by Crippen LogP contribution is 2.45. The van der Waals surface area contributed by atoms with Crippen LogP contribution in [0, 0.1) is 0 Å². The molecule has 21 heavy (non-hydrogen) atoms. The Morgan fingerprint density at radius 1 is 0.524 bits per heavy atom. The van der Waals surface area contributed by atoms with Crippen LogP contribution < -0.4 is 15.9 Å². The van der Waals surface area contributed by atoms with Crippen LogP contribution in [-0.4, -0.2) is 5.21 Å². The van der Waals surface area contributed by atoms with Gasteiger partial charge in [0, 0.05) is 15.9 Å². The average molecular weight is 293 g/mol. The molecular weight excluding hydrogens is 277 g/mol. The standard InChI is InChI=1S/C18H16NOP/c20-19-21(16-10-4-1-5-11-16,17-12-6-2-7-13-17)18-14-8-3-9-15-18/h1-15,20H. The molecule has 0 unspecified atom stereocenters. The molecule has 0 radical (unpaired) electrons. The predicted octanol–water partition coefficient (Wildman–Crippen LogP) is 3.55. The molecule has 0 bridgehead atoms. The third-order valence-corrected chi connectivity index (χ3v) is 6.93. The van der Waals surface area contributed by atoms with Crippen molar-refractivity contribution in [1.82, 2.24) is 0 Å². The number of rotatable bonds is 3. The van der Waals surface area contributed by atoms with E-state index in [9.17, 15) is 5.21 Å². The van der Waals surface area contributed by atoms with Gasteiger partial charge in [0.1, 0.15) is 0 Å². The van der Waals surface area contributed by atoms with Crippen molar-refractivity contribution in [3.8, 4) is 0 Å². The van der Waals surface area contributed by atoms with E-state index in [1.54, 1.807) is 0 Å². The quantitative estimate of drug-likeness (QED) is 0.581. The molecule has 3 rings (SSSR count). The normalized spacial score (nSPS) is 11.1. The minimum atomic E-state index is -2.35. The van der Waals surface area contributed by atoms with E-state index in [4.69, 9.17) is 0 Å². The Balaban J connectivity index is 2.35. The Morgan fingerprint density at radius 2 is 0.810 bits per heavy atom. The molecule has 0 spiro atoms. The minimum Gasteiger partial charge on any atom is -0.268 e. The Hall–Kier alpha value is -2.15. The summed E-state index contributed by atoms with van der Waals surface area (Å²) in [5.41, 5.74) is 0. The lowest BCUT2D eigenvalue weighted by atomic mass is 10.4. The third kappa shape index (κ3) is 2.44. The van der Waals surface area contributed by atoms with Crippen LogP contribution in [0.15, 0.2) is 95.9 Å². The molecule has 0 aromatic heterocycles. The van der Waals surface area contributed by atoms with Crippen molar-refractivity contribution >= 4 is 23.0 Å². The van der Waals surface area contributed by atoms with E-state index in [-0.39, 0.29) is 0 Å². The zero-order valence-corrected chi connectivity index (χ0v) is 12.4. The fraction of sp³-hybridized carbons (Fsp3) is 0. The number of hydrogen-bond acceptors (Lipinski definition) is 1. The predicted molar refractivity (Wildman–Crippen MR) is 89.4 cm³/mol. The maximum absolute atomic E-state index is 10.0. The fourth-order valence-electron chi connectivity index (χ4n) is 2.53. The van der Waals surface area contributed by atoms with Crippen molar-refractivity contribution in [1.29, 1.82) is 0 Å². The zero-order chi connectivity index (χ0) is 14.5. The molecule has 3 aromatic carbocycles. The van der Waals surface area contributed by atoms with Gasteiger partial charge in [0.05, 0.1) is 7.05 Å². The van der Waals surface area contributed by atoms with Crippen LogP contribution in [0.25, 0.3) is 0 Å². The Bertz CT molecular complexity index is 652. The summed E-state index contributed by atoms with van der Waals surface area (Å²) in [6.07, 6.45) is 0. The fourth-order valence-corrected chi connectivity index (χ4v) is 5.55. The molecule has 0 heterocycles. The van der Waals surface area contributed by atoms with Crippen LogP contribution in [0.5, 0.6) is 0 Å². The summed E-state index contributed by atoms with van der Waals surface area (Å²) in [5, 5.41) is 13.1. The van der Waals surface area contributed by atoms with E-state index in [0.29, 0.717) is 0 Å². The van der Waals surface area contributed by atoms with Gasteiger partial charge in [-0.05, 0) is 0 Å². The zero-order valence-electron chi connectivity index (χ0n) is 11.5. The second-order valence-electron chi connectivity index (χ2n) is 4.73. The van der Waals surface area contributed by atoms with Gasteiger partial charge in [-0.1, -0.05) is 91.0 Å². The molecule has 0 atom stereocenters. The first-order chi connectivity index (χ1) is 10.4. The average Bonchev–Trinajstić information content (AvgIpc) is 2.59. The third-order valence-electron chi connectivity index (χ3n) is 3.52. The summed E-state index contributed by atoms with van der Waals surface area (Å²) in [6.45, 7) is 0. The van der Waals surface area contributed by atoms with Gasteiger partial charge in [-0.2, -0.15) is 0 Å². The van der Waals surface area contributed by atoms with Crippen LogP contribution in [-0.2, 0) is 0 Å². The molecule has 0 saturated carbocycles. The highest BCUT2D eigenvalue weighted by molar-refractivity contribution is 7.87. The maximum atomic E-state index is 10.0. The van der Waals surface area contributed by atoms with Crippen molar-refractivity contribution in [3.05, 3.63) is 91.0 Å². The molecule has 3 aromatic rings. The SMILES string of the molecule is ON=P(c1ccccc1)(c1ccccc1)c1ccccc1. The van der Waals surface area contributed by atoms with E-state index >= 15 is 0 Å². The lowest BCUT2D eigenvalue weighted by Gasteiger charge is -2.24. The van der Waals surface area contributed by atoms with Crippen LogP contribution in [0.4, 0.5) is 0 Å². The molecule has 2 nitrogen and oxygen atoms in total. The first kappa shape index (κ1) is 13.8. The van der Waals surface area contributed by atoms with E-state index in [1.165, 1.54) is 0 Å². The molecule has 0 amide bonds. The molecule has 3 heteroatoms. The lowest BCUT2D eigenvalue weighted by Crippen LogP contribution is -2.25. The van der Waals surface area contributed by atoms with Gasteiger partial charge in [-0.25, -0.2) is 0 Å². The van der Waals surface area contributed by atoms with Crippen molar-refractivity contribution in [2.75, 3.05) is 0 Å². The molecule has 0 aliphatic heterocycles. The highest BCUT2D eigenvalue weighted by atomic mass is 31.2. The summed E-state index contributed by atoms with van der Waals surface area (Å²) in [4.78, 5) is 3.94. The summed E-state index contributed by atoms with van der Waals surface area (Å²) in [6, 6.07) is 30.1. The number of nitrogens with zero attached hydrogens (tertiary/aromatic N) is 1. The lowest BCUT2D eigenvalue weighted by molar-refractivity contribution is 0.327. The molecule has 1 N–H and O–H groups in total. The molecule has 0 aliphatic carbocycles. The topological polar surface area (TPSA) is 32.6 Å². The van der Waals surface area contributed by atoms with Crippen molar-refractivity contribution < 1.29 is 5.21 Å². The first-order valence-electron chi connectivity index (χ1n) is 6.80. The van der Waals surface area contributed by atoms with E-state index in [1.807, 2.05) is 91.0 Å². The maximum Gasteiger partial charge on any atom is 0.0884 e. The van der Waals surface area contributed by atoms with Crippen molar-refractivity contribution in [2.24, 2.45) is 4.91 Å². The van der Waals surface area contributed by atoms with Crippen molar-refractivity contribution in [3.63, 3.8) is 0 Å². The molecule has 0 fully saturated rings. The van der Waals surface area contributed by atoms with Gasteiger partial charge < -0.3 is 0 Å². The Kier molecular flexibility index (Phi) is 4.01. The summed E-state index contributed by atoms with van der Waals surface area (Å²) in [5.74, 6) is 0. The number of hydrogen-bond donors (Lipinski definition) is 1. The van der Waals surface area contributed by atoms with E-state index in [0.717, 1.165) is 15.9 Å². The monoisotopic (exact) mass is 293 g/mol. The largest absolute Gasteiger partial charge is 0.268 e. The molecule has 104 valence electrons. The molecule has 0 aliphatic rings. The first-order valence-corrected chi connectivity index (χ1v) is 8.54. The summed E-state index contributed by atoms with van der Waals surface area (Å²) < 4.78 is 0. The van der Waals surface area contributed by atoms with Gasteiger partial charge in [-0.3, -0.25) is 5.21 Å². The molecular formula is C18H16NOP. The summed E-state index contributed by atoms with van der Waals surface area (Å²) in [7, 11) is -2.35. The van der Waals surface area contributed by atoms with Crippen molar-refractivity contribution in [2.45, 2.75) is 0 Å². The smallest absolute Gasteiger partial charge is 0.0884 e. The summed E-state index contributed by atoms with van der Waals surface area (Å²) >= 11 is 0. The van der Waals surface area contributed by atoms with Gasteiger partial charge in [0.2, 0.25) is 0 Å². The number of benzene rings is 3. The van der Waals surface area contributed by atoms with Gasteiger partial charge in [-0.15, -0.1) is 4.91 Å². The second kappa shape index (κ2) is 6.09. The van der Waals surface area contributed by atoms with Gasteiger partial charge >= 0.3 is 0 Å². The Morgan fingerprint density at radius 3 is 1.05 bits per heavy atom. The second-order valence-corrected chi connectivity index (χ2v) is 7.73. The highest BCUT2D eigenvalue weighted by Gasteiger charge is 2.27. The van der Waals surface area contributed by atoms with E-state index in [2.05, 4.69) is 4.91 Å². The van der Waals surface area contributed by atoms with E-state index < -0.39 is 7.05 Å².